The third-order valence-corrected chi connectivity index (χ3v) is 5.96. The summed E-state index contributed by atoms with van der Waals surface area (Å²) in [4.78, 5) is 14.1. The number of carbonyl (C=O) groups excluding carboxylic acids is 1. The molecule has 6 nitrogen and oxygen atoms in total. The summed E-state index contributed by atoms with van der Waals surface area (Å²) in [5.74, 6) is 0.451. The van der Waals surface area contributed by atoms with E-state index in [1.807, 2.05) is 48.5 Å². The van der Waals surface area contributed by atoms with Crippen molar-refractivity contribution < 1.29 is 14.3 Å². The standard InChI is InChI=1S/C27H27N3O3/c1-4-30-25-13-12-19(18-8-7-11-22(15-18)32-3)16-23(25)24(17-28)26(30)20-9-6-10-21(14-20)29-27(31)33-5-2/h6-16,24,26H,4-5H2,1-3H3,(H,29,31). The average Bonchev–Trinajstić information content (AvgIpc) is 3.17. The second-order valence-corrected chi connectivity index (χ2v) is 7.81. The Morgan fingerprint density at radius 2 is 1.85 bits per heavy atom. The molecule has 2 atom stereocenters. The normalized spacial score (nSPS) is 16.6. The molecule has 0 saturated carbocycles. The molecule has 0 spiro atoms. The molecule has 6 heteroatoms. The van der Waals surface area contributed by atoms with E-state index >= 15 is 0 Å². The quantitative estimate of drug-likeness (QED) is 0.499. The maximum Gasteiger partial charge on any atom is 0.411 e. The van der Waals surface area contributed by atoms with Gasteiger partial charge in [0.1, 0.15) is 5.75 Å². The van der Waals surface area contributed by atoms with Gasteiger partial charge in [-0.2, -0.15) is 5.26 Å². The van der Waals surface area contributed by atoms with Gasteiger partial charge in [-0.25, -0.2) is 4.79 Å². The molecule has 0 saturated heterocycles. The summed E-state index contributed by atoms with van der Waals surface area (Å²) in [6, 6.07) is 24.2. The zero-order valence-corrected chi connectivity index (χ0v) is 19.0. The van der Waals surface area contributed by atoms with Crippen LogP contribution in [0, 0.1) is 11.3 Å². The van der Waals surface area contributed by atoms with Gasteiger partial charge in [0.2, 0.25) is 0 Å². The topological polar surface area (TPSA) is 74.6 Å². The Kier molecular flexibility index (Phi) is 6.50. The molecule has 2 unspecified atom stereocenters. The van der Waals surface area contributed by atoms with Crippen molar-refractivity contribution in [1.82, 2.24) is 0 Å². The molecule has 0 aromatic heterocycles. The van der Waals surface area contributed by atoms with Crippen LogP contribution >= 0.6 is 0 Å². The van der Waals surface area contributed by atoms with Crippen LogP contribution in [0.3, 0.4) is 0 Å². The van der Waals surface area contributed by atoms with Crippen LogP contribution in [-0.4, -0.2) is 26.4 Å². The number of anilines is 2. The van der Waals surface area contributed by atoms with Gasteiger partial charge >= 0.3 is 6.09 Å². The predicted molar refractivity (Wildman–Crippen MR) is 130 cm³/mol. The first-order valence-electron chi connectivity index (χ1n) is 11.1. The fourth-order valence-electron chi connectivity index (χ4n) is 4.51. The van der Waals surface area contributed by atoms with E-state index in [-0.39, 0.29) is 12.0 Å². The first-order valence-corrected chi connectivity index (χ1v) is 11.1. The van der Waals surface area contributed by atoms with E-state index in [1.165, 1.54) is 0 Å². The van der Waals surface area contributed by atoms with E-state index in [2.05, 4.69) is 41.4 Å². The third-order valence-electron chi connectivity index (χ3n) is 5.96. The minimum absolute atomic E-state index is 0.153. The molecule has 0 aliphatic carbocycles. The highest BCUT2D eigenvalue weighted by Crippen LogP contribution is 2.50. The fourth-order valence-corrected chi connectivity index (χ4v) is 4.51. The Morgan fingerprint density at radius 3 is 2.58 bits per heavy atom. The molecule has 168 valence electrons. The highest BCUT2D eigenvalue weighted by atomic mass is 16.5. The van der Waals surface area contributed by atoms with Gasteiger partial charge in [-0.05, 0) is 72.5 Å². The number of carbonyl (C=O) groups is 1. The molecule has 0 fully saturated rings. The lowest BCUT2D eigenvalue weighted by Crippen LogP contribution is -2.26. The largest absolute Gasteiger partial charge is 0.497 e. The van der Waals surface area contributed by atoms with Crippen LogP contribution in [0.1, 0.15) is 36.9 Å². The smallest absolute Gasteiger partial charge is 0.411 e. The lowest BCUT2D eigenvalue weighted by Gasteiger charge is -2.28. The Bertz CT molecular complexity index is 1200. The number of methoxy groups -OCH3 is 1. The fraction of sp³-hybridized carbons (Fsp3) is 0.259. The summed E-state index contributed by atoms with van der Waals surface area (Å²) in [7, 11) is 1.65. The average molecular weight is 442 g/mol. The monoisotopic (exact) mass is 441 g/mol. The molecule has 1 N–H and O–H groups in total. The molecule has 33 heavy (non-hydrogen) atoms. The first kappa shape index (κ1) is 22.2. The van der Waals surface area contributed by atoms with Crippen molar-refractivity contribution in [2.24, 2.45) is 0 Å². The van der Waals surface area contributed by atoms with Gasteiger partial charge in [-0.3, -0.25) is 5.32 Å². The van der Waals surface area contributed by atoms with Gasteiger partial charge in [0, 0.05) is 17.9 Å². The second-order valence-electron chi connectivity index (χ2n) is 7.81. The van der Waals surface area contributed by atoms with Crippen LogP contribution in [0.15, 0.2) is 66.7 Å². The molecule has 1 amide bonds. The zero-order chi connectivity index (χ0) is 23.4. The van der Waals surface area contributed by atoms with Crippen LogP contribution in [0.2, 0.25) is 0 Å². The van der Waals surface area contributed by atoms with Crippen molar-refractivity contribution in [3.8, 4) is 22.9 Å². The van der Waals surface area contributed by atoms with Crippen LogP contribution in [0.25, 0.3) is 11.1 Å². The molecule has 1 heterocycles. The first-order chi connectivity index (χ1) is 16.1. The number of likely N-dealkylation sites (N-methyl/N-ethyl adjacent to an activating group) is 1. The van der Waals surface area contributed by atoms with Gasteiger partial charge < -0.3 is 14.4 Å². The summed E-state index contributed by atoms with van der Waals surface area (Å²) in [6.07, 6.45) is -0.489. The Balaban J connectivity index is 1.72. The van der Waals surface area contributed by atoms with Crippen LogP contribution < -0.4 is 15.0 Å². The molecule has 0 bridgehead atoms. The van der Waals surface area contributed by atoms with Crippen LogP contribution in [0.4, 0.5) is 16.2 Å². The Morgan fingerprint density at radius 1 is 1.06 bits per heavy atom. The summed E-state index contributed by atoms with van der Waals surface area (Å²) in [5, 5.41) is 13.0. The van der Waals surface area contributed by atoms with E-state index in [9.17, 15) is 10.1 Å². The predicted octanol–water partition coefficient (Wildman–Crippen LogP) is 6.12. The summed E-state index contributed by atoms with van der Waals surface area (Å²) < 4.78 is 10.4. The van der Waals surface area contributed by atoms with E-state index < -0.39 is 6.09 Å². The lowest BCUT2D eigenvalue weighted by atomic mass is 9.89. The minimum Gasteiger partial charge on any atom is -0.497 e. The third kappa shape index (κ3) is 4.35. The van der Waals surface area contributed by atoms with Crippen molar-refractivity contribution in [3.63, 3.8) is 0 Å². The Hall–Kier alpha value is -3.98. The van der Waals surface area contributed by atoms with Crippen molar-refractivity contribution >= 4 is 17.5 Å². The minimum atomic E-state index is -0.489. The number of amides is 1. The van der Waals surface area contributed by atoms with Crippen molar-refractivity contribution in [3.05, 3.63) is 77.9 Å². The number of ether oxygens (including phenoxy) is 2. The number of hydrogen-bond acceptors (Lipinski definition) is 5. The van der Waals surface area contributed by atoms with E-state index in [0.29, 0.717) is 12.3 Å². The number of nitriles is 1. The van der Waals surface area contributed by atoms with E-state index in [4.69, 9.17) is 9.47 Å². The SMILES string of the molecule is CCOC(=O)Nc1cccc(C2C(C#N)c3cc(-c4cccc(OC)c4)ccc3N2CC)c1. The number of fused-ring (bicyclic) bond motifs is 1. The zero-order valence-electron chi connectivity index (χ0n) is 19.0. The number of benzene rings is 3. The summed E-state index contributed by atoms with van der Waals surface area (Å²) >= 11 is 0. The molecule has 1 aliphatic heterocycles. The lowest BCUT2D eigenvalue weighted by molar-refractivity contribution is 0.168. The molecule has 3 aromatic carbocycles. The maximum atomic E-state index is 11.9. The highest BCUT2D eigenvalue weighted by Gasteiger charge is 2.39. The molecule has 3 aromatic rings. The van der Waals surface area contributed by atoms with E-state index in [1.54, 1.807) is 14.0 Å². The highest BCUT2D eigenvalue weighted by molar-refractivity contribution is 5.84. The number of nitrogens with one attached hydrogen (secondary N) is 1. The van der Waals surface area contributed by atoms with Crippen LogP contribution in [-0.2, 0) is 4.74 Å². The van der Waals surface area contributed by atoms with Gasteiger partial charge in [-0.15, -0.1) is 0 Å². The van der Waals surface area contributed by atoms with E-state index in [0.717, 1.165) is 40.2 Å². The summed E-state index contributed by atoms with van der Waals surface area (Å²) in [6.45, 7) is 4.92. The number of hydrogen-bond donors (Lipinski definition) is 1. The van der Waals surface area contributed by atoms with Crippen LogP contribution in [0.5, 0.6) is 5.75 Å². The van der Waals surface area contributed by atoms with Gasteiger partial charge in [0.15, 0.2) is 0 Å². The molecule has 1 aliphatic rings. The van der Waals surface area contributed by atoms with Crippen molar-refractivity contribution in [2.75, 3.05) is 30.5 Å². The number of nitrogens with zero attached hydrogens (tertiary/aromatic N) is 2. The molecule has 4 rings (SSSR count). The Labute approximate surface area is 194 Å². The van der Waals surface area contributed by atoms with Gasteiger partial charge in [-0.1, -0.05) is 30.3 Å². The summed E-state index contributed by atoms with van der Waals surface area (Å²) in [5.41, 5.74) is 5.77. The maximum absolute atomic E-state index is 11.9. The van der Waals surface area contributed by atoms with Crippen molar-refractivity contribution in [2.45, 2.75) is 25.8 Å². The molecular formula is C27H27N3O3. The van der Waals surface area contributed by atoms with Gasteiger partial charge in [0.25, 0.3) is 0 Å². The molecule has 0 radical (unpaired) electrons. The van der Waals surface area contributed by atoms with Crippen molar-refractivity contribution in [1.29, 1.82) is 5.26 Å². The number of rotatable bonds is 6. The molecular weight excluding hydrogens is 414 g/mol. The second kappa shape index (κ2) is 9.66. The van der Waals surface area contributed by atoms with Gasteiger partial charge in [0.05, 0.1) is 31.7 Å².